The Kier molecular flexibility index (Phi) is 6.35. The zero-order valence-electron chi connectivity index (χ0n) is 23.2. The molecule has 0 unspecified atom stereocenters. The van der Waals surface area contributed by atoms with Gasteiger partial charge in [-0.15, -0.1) is 5.10 Å². The highest BCUT2D eigenvalue weighted by Gasteiger charge is 2.40. The molecule has 4 aromatic rings. The van der Waals surface area contributed by atoms with E-state index in [-0.39, 0.29) is 11.5 Å². The van der Waals surface area contributed by atoms with Crippen molar-refractivity contribution < 1.29 is 14.3 Å². The molecule has 1 amide bonds. The van der Waals surface area contributed by atoms with Crippen LogP contribution in [0.25, 0.3) is 27.7 Å². The number of carbonyl (C=O) groups is 1. The number of likely N-dealkylation sites (tertiary alicyclic amines) is 1. The molecule has 2 saturated heterocycles. The van der Waals surface area contributed by atoms with Gasteiger partial charge in [-0.3, -0.25) is 5.10 Å². The van der Waals surface area contributed by atoms with Crippen LogP contribution in [-0.4, -0.2) is 74.2 Å². The molecule has 1 N–H and O–H groups in total. The van der Waals surface area contributed by atoms with Crippen molar-refractivity contribution in [2.75, 3.05) is 37.7 Å². The Hall–Kier alpha value is -3.82. The molecule has 206 valence electrons. The number of nitrogens with zero attached hydrogens (tertiary/aromatic N) is 6. The number of aromatic amines is 1. The lowest BCUT2D eigenvalue weighted by molar-refractivity contribution is -0.000551. The first kappa shape index (κ1) is 25.5. The standard InChI is InChI=1S/C29H37N7O3/c1-5-38-21-15-22(25-23-17-31-32-26(23)33-36(25)18-21)20-7-8-24(30-16-20)34-13-10-29(11-14-34)9-6-12-35(19-29)27(37)39-28(2,3)4/h7-8,15-18H,5-6,9-14,19H2,1-4H3,(H,32,33). The van der Waals surface area contributed by atoms with Gasteiger partial charge >= 0.3 is 6.09 Å². The second kappa shape index (κ2) is 9.73. The molecule has 6 rings (SSSR count). The predicted octanol–water partition coefficient (Wildman–Crippen LogP) is 5.29. The summed E-state index contributed by atoms with van der Waals surface area (Å²) in [5.41, 5.74) is 3.41. The fourth-order valence-electron chi connectivity index (χ4n) is 6.05. The van der Waals surface area contributed by atoms with Crippen molar-refractivity contribution in [2.24, 2.45) is 5.41 Å². The van der Waals surface area contributed by atoms with Crippen LogP contribution in [0.1, 0.15) is 53.4 Å². The lowest BCUT2D eigenvalue weighted by atomic mass is 9.72. The Morgan fingerprint density at radius 3 is 2.67 bits per heavy atom. The third-order valence-electron chi connectivity index (χ3n) is 7.93. The maximum atomic E-state index is 12.7. The number of anilines is 1. The number of hydrogen-bond donors (Lipinski definition) is 1. The van der Waals surface area contributed by atoms with E-state index in [4.69, 9.17) is 14.5 Å². The first-order valence-electron chi connectivity index (χ1n) is 13.9. The summed E-state index contributed by atoms with van der Waals surface area (Å²) in [5.74, 6) is 1.74. The normalized spacial score (nSPS) is 17.7. The molecule has 0 atom stereocenters. The smallest absolute Gasteiger partial charge is 0.410 e. The number of hydrogen-bond acceptors (Lipinski definition) is 7. The molecule has 2 aliphatic heterocycles. The van der Waals surface area contributed by atoms with Crippen LogP contribution >= 0.6 is 0 Å². The maximum Gasteiger partial charge on any atom is 0.410 e. The number of amides is 1. The number of rotatable bonds is 4. The van der Waals surface area contributed by atoms with Gasteiger partial charge in [-0.05, 0) is 77.0 Å². The number of pyridine rings is 2. The van der Waals surface area contributed by atoms with Gasteiger partial charge < -0.3 is 19.3 Å². The summed E-state index contributed by atoms with van der Waals surface area (Å²) in [6.07, 6.45) is 9.73. The highest BCUT2D eigenvalue weighted by Crippen LogP contribution is 2.41. The Labute approximate surface area is 228 Å². The molecule has 1 spiro atoms. The van der Waals surface area contributed by atoms with Gasteiger partial charge in [0, 0.05) is 43.5 Å². The summed E-state index contributed by atoms with van der Waals surface area (Å²) < 4.78 is 13.3. The van der Waals surface area contributed by atoms with Crippen LogP contribution in [0.15, 0.2) is 36.8 Å². The molecule has 6 heterocycles. The fraction of sp³-hybridized carbons (Fsp3) is 0.517. The van der Waals surface area contributed by atoms with Gasteiger partial charge in [0.1, 0.15) is 17.2 Å². The summed E-state index contributed by atoms with van der Waals surface area (Å²) in [4.78, 5) is 21.9. The predicted molar refractivity (Wildman–Crippen MR) is 150 cm³/mol. The van der Waals surface area contributed by atoms with E-state index in [1.165, 1.54) is 0 Å². The van der Waals surface area contributed by atoms with Crippen LogP contribution in [-0.2, 0) is 4.74 Å². The zero-order chi connectivity index (χ0) is 27.2. The molecule has 0 aromatic carbocycles. The van der Waals surface area contributed by atoms with E-state index in [1.54, 1.807) is 0 Å². The van der Waals surface area contributed by atoms with E-state index in [0.29, 0.717) is 6.61 Å². The van der Waals surface area contributed by atoms with Gasteiger partial charge in [0.25, 0.3) is 0 Å². The number of ether oxygens (including phenoxy) is 2. The Bertz CT molecular complexity index is 1480. The van der Waals surface area contributed by atoms with Crippen molar-refractivity contribution in [3.8, 4) is 16.9 Å². The minimum atomic E-state index is -0.471. The van der Waals surface area contributed by atoms with E-state index in [1.807, 2.05) is 61.8 Å². The second-order valence-electron chi connectivity index (χ2n) is 11.8. The number of H-pyrrole nitrogens is 1. The van der Waals surface area contributed by atoms with Gasteiger partial charge in [0.05, 0.1) is 29.9 Å². The molecule has 2 fully saturated rings. The molecule has 0 bridgehead atoms. The van der Waals surface area contributed by atoms with Gasteiger partial charge in [0.15, 0.2) is 5.65 Å². The Morgan fingerprint density at radius 2 is 1.95 bits per heavy atom. The van der Waals surface area contributed by atoms with Crippen LogP contribution in [0.2, 0.25) is 0 Å². The second-order valence-corrected chi connectivity index (χ2v) is 11.8. The largest absolute Gasteiger partial charge is 0.492 e. The van der Waals surface area contributed by atoms with Crippen molar-refractivity contribution >= 4 is 28.5 Å². The molecule has 10 nitrogen and oxygen atoms in total. The first-order valence-corrected chi connectivity index (χ1v) is 13.9. The summed E-state index contributed by atoms with van der Waals surface area (Å²) >= 11 is 0. The number of fused-ring (bicyclic) bond motifs is 3. The first-order chi connectivity index (χ1) is 18.7. The fourth-order valence-corrected chi connectivity index (χ4v) is 6.05. The zero-order valence-corrected chi connectivity index (χ0v) is 23.2. The monoisotopic (exact) mass is 531 g/mol. The highest BCUT2D eigenvalue weighted by atomic mass is 16.6. The molecule has 0 radical (unpaired) electrons. The van der Waals surface area contributed by atoms with Gasteiger partial charge in [-0.2, -0.15) is 5.10 Å². The average molecular weight is 532 g/mol. The minimum Gasteiger partial charge on any atom is -0.492 e. The van der Waals surface area contributed by atoms with Crippen LogP contribution in [0, 0.1) is 5.41 Å². The molecule has 39 heavy (non-hydrogen) atoms. The van der Waals surface area contributed by atoms with Crippen LogP contribution in [0.3, 0.4) is 0 Å². The molecule has 10 heteroatoms. The van der Waals surface area contributed by atoms with Crippen molar-refractivity contribution in [3.05, 3.63) is 36.8 Å². The quantitative estimate of drug-likeness (QED) is 0.382. The maximum absolute atomic E-state index is 12.7. The third-order valence-corrected chi connectivity index (χ3v) is 7.93. The number of nitrogens with one attached hydrogen (secondary N) is 1. The van der Waals surface area contributed by atoms with Gasteiger partial charge in [-0.25, -0.2) is 14.3 Å². The molecular formula is C29H37N7O3. The molecule has 0 saturated carbocycles. The minimum absolute atomic E-state index is 0.162. The lowest BCUT2D eigenvalue weighted by Gasteiger charge is -2.47. The number of aromatic nitrogens is 5. The third kappa shape index (κ3) is 4.99. The van der Waals surface area contributed by atoms with Crippen LogP contribution < -0.4 is 9.64 Å². The van der Waals surface area contributed by atoms with Crippen molar-refractivity contribution in [1.29, 1.82) is 0 Å². The molecule has 4 aromatic heterocycles. The van der Waals surface area contributed by atoms with Gasteiger partial charge in [0.2, 0.25) is 0 Å². The van der Waals surface area contributed by atoms with Crippen molar-refractivity contribution in [3.63, 3.8) is 0 Å². The highest BCUT2D eigenvalue weighted by molar-refractivity contribution is 6.00. The Balaban J connectivity index is 1.18. The van der Waals surface area contributed by atoms with Crippen molar-refractivity contribution in [2.45, 2.75) is 59.0 Å². The SMILES string of the molecule is CCOc1cc(-c2ccc(N3CCC4(CCCN(C(=O)OC(C)(C)C)C4)CC3)nc2)c2c3cn[nH]c3nn2c1. The van der Waals surface area contributed by atoms with E-state index in [0.717, 1.165) is 91.1 Å². The molecule has 2 aliphatic rings. The van der Waals surface area contributed by atoms with Crippen LogP contribution in [0.5, 0.6) is 5.75 Å². The lowest BCUT2D eigenvalue weighted by Crippen LogP contribution is -2.52. The van der Waals surface area contributed by atoms with Crippen LogP contribution in [0.4, 0.5) is 10.6 Å². The summed E-state index contributed by atoms with van der Waals surface area (Å²) in [6.45, 7) is 11.7. The summed E-state index contributed by atoms with van der Waals surface area (Å²) in [6, 6.07) is 6.28. The molecular weight excluding hydrogens is 494 g/mol. The topological polar surface area (TPSA) is 101 Å². The van der Waals surface area contributed by atoms with E-state index in [2.05, 4.69) is 32.3 Å². The molecule has 0 aliphatic carbocycles. The van der Waals surface area contributed by atoms with Crippen molar-refractivity contribution in [1.82, 2.24) is 29.7 Å². The average Bonchev–Trinajstić information content (AvgIpc) is 3.50. The Morgan fingerprint density at radius 1 is 1.13 bits per heavy atom. The van der Waals surface area contributed by atoms with E-state index < -0.39 is 5.60 Å². The number of piperidine rings is 2. The van der Waals surface area contributed by atoms with E-state index in [9.17, 15) is 4.79 Å². The number of carbonyl (C=O) groups excluding carboxylic acids is 1. The summed E-state index contributed by atoms with van der Waals surface area (Å²) in [5, 5.41) is 12.7. The summed E-state index contributed by atoms with van der Waals surface area (Å²) in [7, 11) is 0. The van der Waals surface area contributed by atoms with E-state index >= 15 is 0 Å². The van der Waals surface area contributed by atoms with Gasteiger partial charge in [-0.1, -0.05) is 0 Å².